The summed E-state index contributed by atoms with van der Waals surface area (Å²) in [5.74, 6) is -1.70. The molecule has 1 unspecified atom stereocenters. The van der Waals surface area contributed by atoms with E-state index < -0.39 is 21.8 Å². The van der Waals surface area contributed by atoms with Crippen LogP contribution in [-0.4, -0.2) is 75.4 Å². The van der Waals surface area contributed by atoms with Crippen LogP contribution in [0.5, 0.6) is 0 Å². The number of halogens is 2. The van der Waals surface area contributed by atoms with Crippen molar-refractivity contribution in [1.29, 1.82) is 0 Å². The number of sulfonamides is 1. The van der Waals surface area contributed by atoms with Crippen molar-refractivity contribution in [1.82, 2.24) is 14.5 Å². The van der Waals surface area contributed by atoms with Gasteiger partial charge in [-0.2, -0.15) is 4.31 Å². The Morgan fingerprint density at radius 3 is 2.75 bits per heavy atom. The highest BCUT2D eigenvalue weighted by atomic mass is 35.5. The average Bonchev–Trinajstić information content (AvgIpc) is 2.67. The summed E-state index contributed by atoms with van der Waals surface area (Å²) in [6.45, 7) is 1.86. The summed E-state index contributed by atoms with van der Waals surface area (Å²) in [4.78, 5) is 25.5. The Labute approximate surface area is 169 Å². The van der Waals surface area contributed by atoms with Crippen LogP contribution >= 0.6 is 12.4 Å². The third-order valence-electron chi connectivity index (χ3n) is 4.89. The molecule has 2 heterocycles. The van der Waals surface area contributed by atoms with Gasteiger partial charge in [-0.3, -0.25) is 4.79 Å². The molecular weight excluding hydrogens is 413 g/mol. The van der Waals surface area contributed by atoms with E-state index in [9.17, 15) is 22.4 Å². The van der Waals surface area contributed by atoms with Crippen molar-refractivity contribution >= 4 is 34.3 Å². The maximum Gasteiger partial charge on any atom is 0.339 e. The molecule has 0 saturated carbocycles. The van der Waals surface area contributed by atoms with E-state index in [1.165, 1.54) is 4.31 Å². The molecule has 0 bridgehead atoms. The first-order valence-electron chi connectivity index (χ1n) is 8.73. The predicted molar refractivity (Wildman–Crippen MR) is 101 cm³/mol. The second-order valence-electron chi connectivity index (χ2n) is 6.56. The topological polar surface area (TPSA) is 96.0 Å². The van der Waals surface area contributed by atoms with Crippen molar-refractivity contribution in [2.45, 2.75) is 23.8 Å². The summed E-state index contributed by atoms with van der Waals surface area (Å²) < 4.78 is 45.7. The van der Waals surface area contributed by atoms with Crippen LogP contribution in [0.15, 0.2) is 23.1 Å². The Morgan fingerprint density at radius 2 is 2.07 bits per heavy atom. The zero-order chi connectivity index (χ0) is 19.6. The summed E-state index contributed by atoms with van der Waals surface area (Å²) in [5, 5.41) is 2.99. The highest BCUT2D eigenvalue weighted by Crippen LogP contribution is 2.26. The third kappa shape index (κ3) is 4.45. The number of carbonyl (C=O) groups excluding carboxylic acids is 2. The molecule has 8 nitrogen and oxygen atoms in total. The number of ether oxygens (including phenoxy) is 1. The summed E-state index contributed by atoms with van der Waals surface area (Å²) in [6, 6.07) is 2.72. The highest BCUT2D eigenvalue weighted by Gasteiger charge is 2.36. The number of carbonyl (C=O) groups is 2. The van der Waals surface area contributed by atoms with Crippen molar-refractivity contribution in [3.8, 4) is 0 Å². The molecule has 11 heteroatoms. The Morgan fingerprint density at radius 1 is 1.32 bits per heavy atom. The van der Waals surface area contributed by atoms with Gasteiger partial charge in [0.2, 0.25) is 15.9 Å². The molecule has 2 saturated heterocycles. The van der Waals surface area contributed by atoms with Gasteiger partial charge in [0.25, 0.3) is 0 Å². The van der Waals surface area contributed by atoms with Crippen LogP contribution in [-0.2, 0) is 19.6 Å². The van der Waals surface area contributed by atoms with Crippen molar-refractivity contribution in [2.24, 2.45) is 0 Å². The number of methoxy groups -OCH3 is 1. The maximum atomic E-state index is 13.6. The number of piperidine rings is 1. The molecule has 1 atom stereocenters. The fourth-order valence-electron chi connectivity index (χ4n) is 3.54. The van der Waals surface area contributed by atoms with Crippen molar-refractivity contribution in [2.75, 3.05) is 39.8 Å². The zero-order valence-corrected chi connectivity index (χ0v) is 17.0. The first kappa shape index (κ1) is 22.5. The molecule has 1 amide bonds. The summed E-state index contributed by atoms with van der Waals surface area (Å²) in [5.41, 5.74) is -0.335. The Kier molecular flexibility index (Phi) is 7.38. The van der Waals surface area contributed by atoms with E-state index in [2.05, 4.69) is 10.1 Å². The van der Waals surface area contributed by atoms with Crippen LogP contribution in [0.2, 0.25) is 0 Å². The molecule has 156 valence electrons. The standard InChI is InChI=1S/C17H22FN3O5S.ClH/c1-26-17(23)14-9-12(18)4-5-15(14)27(24,25)20-7-2-3-13(11-20)21-8-6-19-10-16(21)22;/h4-5,9,13,19H,2-3,6-8,10-11H2,1H3;1H. The van der Waals surface area contributed by atoms with Crippen LogP contribution in [0.1, 0.15) is 23.2 Å². The van der Waals surface area contributed by atoms with Crippen molar-refractivity contribution in [3.63, 3.8) is 0 Å². The molecule has 2 aliphatic heterocycles. The number of amides is 1. The minimum absolute atomic E-state index is 0. The lowest BCUT2D eigenvalue weighted by atomic mass is 10.1. The quantitative estimate of drug-likeness (QED) is 0.696. The minimum atomic E-state index is -4.04. The van der Waals surface area contributed by atoms with Gasteiger partial charge < -0.3 is 15.0 Å². The molecule has 1 N–H and O–H groups in total. The van der Waals surface area contributed by atoms with Crippen LogP contribution in [0.3, 0.4) is 0 Å². The van der Waals surface area contributed by atoms with Gasteiger partial charge in [-0.05, 0) is 31.0 Å². The Balaban J connectivity index is 0.00000280. The van der Waals surface area contributed by atoms with E-state index in [0.717, 1.165) is 25.3 Å². The molecule has 0 aromatic heterocycles. The largest absolute Gasteiger partial charge is 0.465 e. The Hall–Kier alpha value is -1.75. The molecule has 0 spiro atoms. The number of esters is 1. The lowest BCUT2D eigenvalue weighted by Gasteiger charge is -2.40. The van der Waals surface area contributed by atoms with E-state index in [0.29, 0.717) is 25.9 Å². The molecular formula is C17H23ClFN3O5S. The van der Waals surface area contributed by atoms with Gasteiger partial charge >= 0.3 is 5.97 Å². The molecule has 2 aliphatic rings. The number of rotatable bonds is 4. The van der Waals surface area contributed by atoms with Crippen LogP contribution < -0.4 is 5.32 Å². The van der Waals surface area contributed by atoms with Crippen LogP contribution in [0.4, 0.5) is 4.39 Å². The Bertz CT molecular complexity index is 851. The third-order valence-corrected chi connectivity index (χ3v) is 6.81. The smallest absolute Gasteiger partial charge is 0.339 e. The monoisotopic (exact) mass is 435 g/mol. The van der Waals surface area contributed by atoms with Crippen molar-refractivity contribution < 1.29 is 27.1 Å². The lowest BCUT2D eigenvalue weighted by Crippen LogP contribution is -2.57. The fraction of sp³-hybridized carbons (Fsp3) is 0.529. The highest BCUT2D eigenvalue weighted by molar-refractivity contribution is 7.89. The van der Waals surface area contributed by atoms with E-state index >= 15 is 0 Å². The molecule has 0 radical (unpaired) electrons. The SMILES string of the molecule is COC(=O)c1cc(F)ccc1S(=O)(=O)N1CCCC(N2CCNCC2=O)C1.Cl. The van der Waals surface area contributed by atoms with Gasteiger partial charge in [0.1, 0.15) is 5.82 Å². The molecule has 2 fully saturated rings. The van der Waals surface area contributed by atoms with Gasteiger partial charge in [0, 0.05) is 32.2 Å². The fourth-order valence-corrected chi connectivity index (χ4v) is 5.21. The number of benzene rings is 1. The molecule has 1 aromatic rings. The summed E-state index contributed by atoms with van der Waals surface area (Å²) >= 11 is 0. The van der Waals surface area contributed by atoms with Crippen LogP contribution in [0.25, 0.3) is 0 Å². The number of nitrogens with zero attached hydrogens (tertiary/aromatic N) is 2. The first-order chi connectivity index (χ1) is 12.8. The van der Waals surface area contributed by atoms with Gasteiger partial charge in [0.05, 0.1) is 24.1 Å². The zero-order valence-electron chi connectivity index (χ0n) is 15.4. The first-order valence-corrected chi connectivity index (χ1v) is 10.2. The maximum absolute atomic E-state index is 13.6. The number of hydrogen-bond donors (Lipinski definition) is 1. The van der Waals surface area contributed by atoms with Gasteiger partial charge in [-0.25, -0.2) is 17.6 Å². The van der Waals surface area contributed by atoms with Gasteiger partial charge in [-0.15, -0.1) is 12.4 Å². The molecule has 1 aromatic carbocycles. The molecule has 3 rings (SSSR count). The van der Waals surface area contributed by atoms with E-state index in [-0.39, 0.29) is 54.4 Å². The molecule has 28 heavy (non-hydrogen) atoms. The molecule has 0 aliphatic carbocycles. The minimum Gasteiger partial charge on any atom is -0.465 e. The van der Waals surface area contributed by atoms with Crippen LogP contribution in [0, 0.1) is 5.82 Å². The number of hydrogen-bond acceptors (Lipinski definition) is 6. The second-order valence-corrected chi connectivity index (χ2v) is 8.46. The van der Waals surface area contributed by atoms with Gasteiger partial charge in [-0.1, -0.05) is 0 Å². The second kappa shape index (κ2) is 9.17. The number of piperazine rings is 1. The van der Waals surface area contributed by atoms with Gasteiger partial charge in [0.15, 0.2) is 0 Å². The average molecular weight is 436 g/mol. The summed E-state index contributed by atoms with van der Waals surface area (Å²) in [6.07, 6.45) is 1.31. The van der Waals surface area contributed by atoms with Crippen molar-refractivity contribution in [3.05, 3.63) is 29.6 Å². The van der Waals surface area contributed by atoms with E-state index in [1.54, 1.807) is 4.90 Å². The van der Waals surface area contributed by atoms with E-state index in [1.807, 2.05) is 0 Å². The lowest BCUT2D eigenvalue weighted by molar-refractivity contribution is -0.135. The summed E-state index contributed by atoms with van der Waals surface area (Å²) in [7, 11) is -2.93. The number of nitrogens with one attached hydrogen (secondary N) is 1. The predicted octanol–water partition coefficient (Wildman–Crippen LogP) is 0.619. The normalized spacial score (nSPS) is 21.1. The van der Waals surface area contributed by atoms with E-state index in [4.69, 9.17) is 0 Å².